The molecule has 0 aromatic heterocycles. The lowest BCUT2D eigenvalue weighted by Crippen LogP contribution is -2.15. The van der Waals surface area contributed by atoms with Crippen molar-refractivity contribution in [2.75, 3.05) is 24.4 Å². The fourth-order valence-corrected chi connectivity index (χ4v) is 1.70. The van der Waals surface area contributed by atoms with Crippen LogP contribution in [0.3, 0.4) is 0 Å². The van der Waals surface area contributed by atoms with Crippen molar-refractivity contribution in [1.29, 1.82) is 0 Å². The zero-order valence-electron chi connectivity index (χ0n) is 11.9. The highest BCUT2D eigenvalue weighted by molar-refractivity contribution is 6.02. The van der Waals surface area contributed by atoms with E-state index in [4.69, 9.17) is 9.84 Å². The molecule has 0 atom stereocenters. The number of hydrogen-bond acceptors (Lipinski definition) is 4. The average Bonchev–Trinajstić information content (AvgIpc) is 2.40. The van der Waals surface area contributed by atoms with Crippen LogP contribution >= 0.6 is 0 Å². The van der Waals surface area contributed by atoms with Crippen molar-refractivity contribution in [1.82, 2.24) is 0 Å². The van der Waals surface area contributed by atoms with Gasteiger partial charge in [0.05, 0.1) is 11.3 Å². The number of aromatic carboxylic acids is 1. The third-order valence-electron chi connectivity index (χ3n) is 2.60. The van der Waals surface area contributed by atoms with Gasteiger partial charge in [-0.3, -0.25) is 9.59 Å². The van der Waals surface area contributed by atoms with Crippen molar-refractivity contribution in [3.8, 4) is 0 Å². The predicted molar refractivity (Wildman–Crippen MR) is 77.4 cm³/mol. The Morgan fingerprint density at radius 3 is 2.52 bits per heavy atom. The fourth-order valence-electron chi connectivity index (χ4n) is 1.70. The van der Waals surface area contributed by atoms with E-state index in [9.17, 15) is 14.4 Å². The number of ether oxygens (including phenoxy) is 1. The van der Waals surface area contributed by atoms with Crippen molar-refractivity contribution in [3.63, 3.8) is 0 Å². The smallest absolute Gasteiger partial charge is 0.337 e. The molecule has 1 rings (SSSR count). The molecule has 1 aromatic carbocycles. The Kier molecular flexibility index (Phi) is 6.35. The number of hydrogen-bond donors (Lipinski definition) is 3. The van der Waals surface area contributed by atoms with Crippen LogP contribution in [0.25, 0.3) is 0 Å². The van der Waals surface area contributed by atoms with Crippen molar-refractivity contribution in [2.45, 2.75) is 19.8 Å². The summed E-state index contributed by atoms with van der Waals surface area (Å²) in [5.74, 6) is -1.78. The van der Waals surface area contributed by atoms with Crippen molar-refractivity contribution >= 4 is 29.2 Å². The number of methoxy groups -OCH3 is 1. The van der Waals surface area contributed by atoms with Gasteiger partial charge >= 0.3 is 5.97 Å². The van der Waals surface area contributed by atoms with Crippen LogP contribution in [-0.2, 0) is 14.3 Å². The maximum Gasteiger partial charge on any atom is 0.337 e. The van der Waals surface area contributed by atoms with Crippen LogP contribution in [0.5, 0.6) is 0 Å². The van der Waals surface area contributed by atoms with Crippen LogP contribution in [0.2, 0.25) is 0 Å². The van der Waals surface area contributed by atoms with E-state index >= 15 is 0 Å². The van der Waals surface area contributed by atoms with Gasteiger partial charge in [-0.05, 0) is 24.6 Å². The molecule has 1 aromatic rings. The Balaban J connectivity index is 2.83. The normalized spacial score (nSPS) is 10.0. The average molecular weight is 294 g/mol. The van der Waals surface area contributed by atoms with E-state index in [0.29, 0.717) is 18.7 Å². The maximum absolute atomic E-state index is 11.7. The topological polar surface area (TPSA) is 105 Å². The molecule has 3 N–H and O–H groups in total. The lowest BCUT2D eigenvalue weighted by Gasteiger charge is -2.10. The highest BCUT2D eigenvalue weighted by Crippen LogP contribution is 2.21. The summed E-state index contributed by atoms with van der Waals surface area (Å²) in [5, 5.41) is 14.2. The Morgan fingerprint density at radius 1 is 1.24 bits per heavy atom. The lowest BCUT2D eigenvalue weighted by atomic mass is 10.1. The SMILES string of the molecule is COCCCC(=O)Nc1ccc(NC(C)=O)cc1C(=O)O. The Hall–Kier alpha value is -2.41. The fraction of sp³-hybridized carbons (Fsp3) is 0.357. The first-order valence-electron chi connectivity index (χ1n) is 6.37. The minimum Gasteiger partial charge on any atom is -0.478 e. The summed E-state index contributed by atoms with van der Waals surface area (Å²) >= 11 is 0. The van der Waals surface area contributed by atoms with Crippen LogP contribution in [-0.4, -0.2) is 36.6 Å². The molecular weight excluding hydrogens is 276 g/mol. The second kappa shape index (κ2) is 8.01. The quantitative estimate of drug-likeness (QED) is 0.664. The monoisotopic (exact) mass is 294 g/mol. The molecule has 0 heterocycles. The molecule has 7 heteroatoms. The molecule has 21 heavy (non-hydrogen) atoms. The van der Waals surface area contributed by atoms with Crippen molar-refractivity contribution in [3.05, 3.63) is 23.8 Å². The summed E-state index contributed by atoms with van der Waals surface area (Å²) in [5.41, 5.74) is 0.470. The van der Waals surface area contributed by atoms with Crippen LogP contribution in [0.1, 0.15) is 30.1 Å². The third kappa shape index (κ3) is 5.62. The van der Waals surface area contributed by atoms with Gasteiger partial charge in [-0.2, -0.15) is 0 Å². The van der Waals surface area contributed by atoms with Crippen molar-refractivity contribution in [2.24, 2.45) is 0 Å². The summed E-state index contributed by atoms with van der Waals surface area (Å²) in [4.78, 5) is 33.9. The summed E-state index contributed by atoms with van der Waals surface area (Å²) < 4.78 is 4.84. The second-order valence-corrected chi connectivity index (χ2v) is 4.39. The number of carboxylic acid groups (broad SMARTS) is 1. The number of amides is 2. The number of rotatable bonds is 7. The number of carbonyl (C=O) groups excluding carboxylic acids is 2. The summed E-state index contributed by atoms with van der Waals surface area (Å²) in [6.07, 6.45) is 0.787. The molecule has 0 spiro atoms. The Morgan fingerprint density at radius 2 is 1.95 bits per heavy atom. The third-order valence-corrected chi connectivity index (χ3v) is 2.60. The number of carboxylic acids is 1. The molecule has 0 aliphatic heterocycles. The molecule has 0 radical (unpaired) electrons. The van der Waals surface area contributed by atoms with Gasteiger partial charge in [-0.1, -0.05) is 0 Å². The predicted octanol–water partition coefficient (Wildman–Crippen LogP) is 1.71. The number of benzene rings is 1. The zero-order chi connectivity index (χ0) is 15.8. The van der Waals surface area contributed by atoms with E-state index in [1.54, 1.807) is 7.11 Å². The summed E-state index contributed by atoms with van der Waals surface area (Å²) in [6.45, 7) is 1.78. The molecule has 7 nitrogen and oxygen atoms in total. The molecular formula is C14H18N2O5. The molecule has 2 amide bonds. The van der Waals surface area contributed by atoms with Gasteiger partial charge in [0.25, 0.3) is 0 Å². The van der Waals surface area contributed by atoms with Gasteiger partial charge in [0.2, 0.25) is 11.8 Å². The molecule has 0 unspecified atom stereocenters. The zero-order valence-corrected chi connectivity index (χ0v) is 11.9. The van der Waals surface area contributed by atoms with E-state index in [0.717, 1.165) is 0 Å². The minimum atomic E-state index is -1.19. The lowest BCUT2D eigenvalue weighted by molar-refractivity contribution is -0.116. The largest absolute Gasteiger partial charge is 0.478 e. The first kappa shape index (κ1) is 16.6. The van der Waals surface area contributed by atoms with Crippen LogP contribution in [0, 0.1) is 0 Å². The van der Waals surface area contributed by atoms with E-state index in [1.165, 1.54) is 25.1 Å². The maximum atomic E-state index is 11.7. The number of carbonyl (C=O) groups is 3. The Labute approximate surface area is 122 Å². The van der Waals surface area contributed by atoms with Gasteiger partial charge in [0.1, 0.15) is 0 Å². The first-order valence-corrected chi connectivity index (χ1v) is 6.37. The Bertz CT molecular complexity index is 542. The molecule has 0 saturated heterocycles. The summed E-state index contributed by atoms with van der Waals surface area (Å²) in [6, 6.07) is 4.27. The number of nitrogens with one attached hydrogen (secondary N) is 2. The van der Waals surface area contributed by atoms with E-state index in [1.807, 2.05) is 0 Å². The summed E-state index contributed by atoms with van der Waals surface area (Å²) in [7, 11) is 1.54. The van der Waals surface area contributed by atoms with Gasteiger partial charge in [-0.15, -0.1) is 0 Å². The molecule has 0 saturated carbocycles. The second-order valence-electron chi connectivity index (χ2n) is 4.39. The molecule has 0 fully saturated rings. The first-order chi connectivity index (χ1) is 9.93. The minimum absolute atomic E-state index is 0.0821. The highest BCUT2D eigenvalue weighted by Gasteiger charge is 2.13. The van der Waals surface area contributed by atoms with Crippen LogP contribution in [0.15, 0.2) is 18.2 Å². The van der Waals surface area contributed by atoms with E-state index in [-0.39, 0.29) is 29.5 Å². The van der Waals surface area contributed by atoms with Gasteiger partial charge in [0.15, 0.2) is 0 Å². The molecule has 114 valence electrons. The molecule has 0 aliphatic carbocycles. The molecule has 0 bridgehead atoms. The van der Waals surface area contributed by atoms with Crippen LogP contribution < -0.4 is 10.6 Å². The van der Waals surface area contributed by atoms with Crippen molar-refractivity contribution < 1.29 is 24.2 Å². The van der Waals surface area contributed by atoms with E-state index in [2.05, 4.69) is 10.6 Å². The van der Waals surface area contributed by atoms with Gasteiger partial charge < -0.3 is 20.5 Å². The standard InChI is InChI=1S/C14H18N2O5/c1-9(17)15-10-5-6-12(11(8-10)14(19)20)16-13(18)4-3-7-21-2/h5-6,8H,3-4,7H2,1-2H3,(H,15,17)(H,16,18)(H,19,20). The van der Waals surface area contributed by atoms with Gasteiger partial charge in [-0.25, -0.2) is 4.79 Å². The van der Waals surface area contributed by atoms with Gasteiger partial charge in [0, 0.05) is 32.7 Å². The number of anilines is 2. The highest BCUT2D eigenvalue weighted by atomic mass is 16.5. The van der Waals surface area contributed by atoms with Crippen LogP contribution in [0.4, 0.5) is 11.4 Å². The van der Waals surface area contributed by atoms with E-state index < -0.39 is 5.97 Å². The molecule has 0 aliphatic rings.